The first-order valence-corrected chi connectivity index (χ1v) is 8.64. The SMILES string of the molecule is O=C1CN(c2c(O)ccc(/C=C3\CNC[C@H]3CO)c2F)S(=O)(=O)N1. The summed E-state index contributed by atoms with van der Waals surface area (Å²) in [4.78, 5) is 11.3. The highest BCUT2D eigenvalue weighted by Gasteiger charge is 2.37. The summed E-state index contributed by atoms with van der Waals surface area (Å²) in [6.07, 6.45) is 1.51. The van der Waals surface area contributed by atoms with E-state index in [0.717, 1.165) is 5.57 Å². The lowest BCUT2D eigenvalue weighted by atomic mass is 10.0. The van der Waals surface area contributed by atoms with Gasteiger partial charge >= 0.3 is 10.2 Å². The van der Waals surface area contributed by atoms with E-state index in [1.807, 2.05) is 0 Å². The molecule has 1 aromatic rings. The van der Waals surface area contributed by atoms with Gasteiger partial charge in [-0.25, -0.2) is 13.4 Å². The molecule has 0 spiro atoms. The Kier molecular flexibility index (Phi) is 4.20. The molecule has 1 amide bonds. The van der Waals surface area contributed by atoms with Crippen molar-refractivity contribution in [2.45, 2.75) is 0 Å². The molecule has 24 heavy (non-hydrogen) atoms. The highest BCUT2D eigenvalue weighted by atomic mass is 32.2. The third-order valence-electron chi connectivity index (χ3n) is 4.00. The van der Waals surface area contributed by atoms with Crippen molar-refractivity contribution in [3.05, 3.63) is 29.1 Å². The minimum atomic E-state index is -4.23. The van der Waals surface area contributed by atoms with Crippen LogP contribution >= 0.6 is 0 Å². The zero-order chi connectivity index (χ0) is 17.5. The van der Waals surface area contributed by atoms with E-state index >= 15 is 0 Å². The number of hydrogen-bond donors (Lipinski definition) is 4. The summed E-state index contributed by atoms with van der Waals surface area (Å²) >= 11 is 0. The second-order valence-electron chi connectivity index (χ2n) is 5.60. The number of amides is 1. The van der Waals surface area contributed by atoms with Gasteiger partial charge in [0.05, 0.1) is 6.61 Å². The van der Waals surface area contributed by atoms with E-state index in [1.54, 1.807) is 4.72 Å². The number of phenols is 1. The van der Waals surface area contributed by atoms with Gasteiger partial charge in [-0.1, -0.05) is 6.08 Å². The summed E-state index contributed by atoms with van der Waals surface area (Å²) in [5, 5.41) is 22.3. The standard InChI is InChI=1S/C14H16FN3O5S/c15-13-8(3-9-4-16-5-10(9)7-19)1-2-11(20)14(13)18-6-12(21)17-24(18,22)23/h1-3,10,16,19-20H,4-7H2,(H,17,21)/b9-3+/t10-/m0/s1. The molecule has 1 atom stereocenters. The first-order chi connectivity index (χ1) is 11.3. The van der Waals surface area contributed by atoms with E-state index in [-0.39, 0.29) is 18.1 Å². The van der Waals surface area contributed by atoms with Gasteiger partial charge < -0.3 is 15.5 Å². The maximum Gasteiger partial charge on any atom is 0.326 e. The Balaban J connectivity index is 2.06. The van der Waals surface area contributed by atoms with Crippen molar-refractivity contribution in [2.75, 3.05) is 30.5 Å². The minimum absolute atomic E-state index is 0.0644. The fourth-order valence-corrected chi connectivity index (χ4v) is 3.94. The van der Waals surface area contributed by atoms with Crippen molar-refractivity contribution >= 4 is 27.9 Å². The van der Waals surface area contributed by atoms with Crippen molar-refractivity contribution in [1.29, 1.82) is 0 Å². The molecule has 0 saturated carbocycles. The Morgan fingerprint density at radius 2 is 2.17 bits per heavy atom. The molecule has 1 aromatic carbocycles. The molecule has 2 aliphatic rings. The van der Waals surface area contributed by atoms with Crippen LogP contribution in [0.4, 0.5) is 10.1 Å². The van der Waals surface area contributed by atoms with Gasteiger partial charge in [0.25, 0.3) is 5.91 Å². The first kappa shape index (κ1) is 16.7. The Morgan fingerprint density at radius 3 is 2.79 bits per heavy atom. The molecule has 130 valence electrons. The van der Waals surface area contributed by atoms with Crippen molar-refractivity contribution in [3.8, 4) is 5.75 Å². The van der Waals surface area contributed by atoms with E-state index in [4.69, 9.17) is 0 Å². The molecule has 2 aliphatic heterocycles. The normalized spacial score (nSPS) is 24.6. The number of nitrogens with zero attached hydrogens (tertiary/aromatic N) is 1. The van der Waals surface area contributed by atoms with Crippen molar-refractivity contribution in [2.24, 2.45) is 5.92 Å². The number of phenolic OH excluding ortho intramolecular Hbond substituents is 1. The minimum Gasteiger partial charge on any atom is -0.506 e. The first-order valence-electron chi connectivity index (χ1n) is 7.20. The number of rotatable bonds is 3. The molecule has 0 aromatic heterocycles. The maximum atomic E-state index is 14.8. The topological polar surface area (TPSA) is 119 Å². The molecule has 2 fully saturated rings. The molecular formula is C14H16FN3O5S. The van der Waals surface area contributed by atoms with Crippen molar-refractivity contribution < 1.29 is 27.8 Å². The number of aromatic hydroxyl groups is 1. The largest absolute Gasteiger partial charge is 0.506 e. The van der Waals surface area contributed by atoms with E-state index in [0.29, 0.717) is 17.4 Å². The summed E-state index contributed by atoms with van der Waals surface area (Å²) in [6.45, 7) is 0.342. The summed E-state index contributed by atoms with van der Waals surface area (Å²) in [5.41, 5.74) is 0.259. The van der Waals surface area contributed by atoms with E-state index in [9.17, 15) is 27.8 Å². The Morgan fingerprint density at radius 1 is 1.42 bits per heavy atom. The van der Waals surface area contributed by atoms with Crippen LogP contribution in [-0.2, 0) is 15.0 Å². The van der Waals surface area contributed by atoms with Gasteiger partial charge in [-0.15, -0.1) is 0 Å². The lowest BCUT2D eigenvalue weighted by Gasteiger charge is -2.18. The average molecular weight is 357 g/mol. The number of carbonyl (C=O) groups is 1. The highest BCUT2D eigenvalue weighted by molar-refractivity contribution is 7.92. The molecule has 4 N–H and O–H groups in total. The monoisotopic (exact) mass is 357 g/mol. The van der Waals surface area contributed by atoms with Crippen molar-refractivity contribution in [3.63, 3.8) is 0 Å². The van der Waals surface area contributed by atoms with Gasteiger partial charge in [-0.3, -0.25) is 4.79 Å². The van der Waals surface area contributed by atoms with E-state index in [1.165, 1.54) is 18.2 Å². The number of nitrogens with one attached hydrogen (secondary N) is 2. The molecular weight excluding hydrogens is 341 g/mol. The van der Waals surface area contributed by atoms with Gasteiger partial charge in [-0.2, -0.15) is 8.42 Å². The van der Waals surface area contributed by atoms with Crippen molar-refractivity contribution in [1.82, 2.24) is 10.0 Å². The molecule has 10 heteroatoms. The molecule has 3 rings (SSSR count). The summed E-state index contributed by atoms with van der Waals surface area (Å²) < 4.78 is 40.8. The predicted molar refractivity (Wildman–Crippen MR) is 83.9 cm³/mol. The predicted octanol–water partition coefficient (Wildman–Crippen LogP) is -0.693. The highest BCUT2D eigenvalue weighted by Crippen LogP contribution is 2.36. The molecule has 0 bridgehead atoms. The average Bonchev–Trinajstić information content (AvgIpc) is 3.06. The summed E-state index contributed by atoms with van der Waals surface area (Å²) in [5.74, 6) is -2.50. The molecule has 8 nitrogen and oxygen atoms in total. The van der Waals surface area contributed by atoms with Crippen LogP contribution in [0.1, 0.15) is 5.56 Å². The van der Waals surface area contributed by atoms with Crippen LogP contribution < -0.4 is 14.3 Å². The van der Waals surface area contributed by atoms with Crippen LogP contribution in [0, 0.1) is 11.7 Å². The van der Waals surface area contributed by atoms with E-state index < -0.39 is 39.9 Å². The number of aliphatic hydroxyl groups excluding tert-OH is 1. The third kappa shape index (κ3) is 2.83. The quantitative estimate of drug-likeness (QED) is 0.568. The second-order valence-corrected chi connectivity index (χ2v) is 7.20. The molecule has 2 saturated heterocycles. The number of aliphatic hydroxyl groups is 1. The number of hydrogen-bond acceptors (Lipinski definition) is 6. The van der Waals surface area contributed by atoms with Crippen LogP contribution in [0.25, 0.3) is 6.08 Å². The summed E-state index contributed by atoms with van der Waals surface area (Å²) in [7, 11) is -4.23. The zero-order valence-corrected chi connectivity index (χ0v) is 13.3. The number of anilines is 1. The van der Waals surface area contributed by atoms with Gasteiger partial charge in [0.15, 0.2) is 5.82 Å². The fraction of sp³-hybridized carbons (Fsp3) is 0.357. The number of benzene rings is 1. The maximum absolute atomic E-state index is 14.8. The van der Waals surface area contributed by atoms with Crippen LogP contribution in [0.2, 0.25) is 0 Å². The number of halogens is 1. The smallest absolute Gasteiger partial charge is 0.326 e. The Hall–Kier alpha value is -2.17. The lowest BCUT2D eigenvalue weighted by molar-refractivity contribution is -0.117. The lowest BCUT2D eigenvalue weighted by Crippen LogP contribution is -2.30. The Bertz CT molecular complexity index is 824. The van der Waals surface area contributed by atoms with Gasteiger partial charge in [0.2, 0.25) is 0 Å². The van der Waals surface area contributed by atoms with Gasteiger partial charge in [-0.05, 0) is 17.7 Å². The molecule has 0 aliphatic carbocycles. The molecule has 2 heterocycles. The Labute approximate surface area is 137 Å². The van der Waals surface area contributed by atoms with Crippen LogP contribution in [0.5, 0.6) is 5.75 Å². The number of carbonyl (C=O) groups excluding carboxylic acids is 1. The van der Waals surface area contributed by atoms with Gasteiger partial charge in [0.1, 0.15) is 18.0 Å². The zero-order valence-electron chi connectivity index (χ0n) is 12.5. The van der Waals surface area contributed by atoms with Crippen LogP contribution in [0.15, 0.2) is 17.7 Å². The van der Waals surface area contributed by atoms with Crippen LogP contribution in [-0.4, -0.2) is 50.8 Å². The van der Waals surface area contributed by atoms with Gasteiger partial charge in [0, 0.05) is 24.6 Å². The second kappa shape index (κ2) is 6.04. The molecule has 0 unspecified atom stereocenters. The summed E-state index contributed by atoms with van der Waals surface area (Å²) in [6, 6.07) is 2.48. The fourth-order valence-electron chi connectivity index (χ4n) is 2.78. The molecule has 0 radical (unpaired) electrons. The van der Waals surface area contributed by atoms with Crippen LogP contribution in [0.3, 0.4) is 0 Å². The van der Waals surface area contributed by atoms with E-state index in [2.05, 4.69) is 5.32 Å². The third-order valence-corrected chi connectivity index (χ3v) is 5.38.